The van der Waals surface area contributed by atoms with Crippen LogP contribution < -0.4 is 0 Å². The van der Waals surface area contributed by atoms with Crippen molar-refractivity contribution in [3.8, 4) is 0 Å². The quantitative estimate of drug-likeness (QED) is 0.306. The first kappa shape index (κ1) is 31.8. The molecule has 1 N–H and O–H groups in total. The largest absolute Gasteiger partial charge is 0.435 e. The number of hydrogen-bond acceptors (Lipinski definition) is 8. The third kappa shape index (κ3) is 5.38. The summed E-state index contributed by atoms with van der Waals surface area (Å²) in [6.07, 6.45) is 3.49. The summed E-state index contributed by atoms with van der Waals surface area (Å²) in [7, 11) is 0. The van der Waals surface area contributed by atoms with Crippen LogP contribution in [0.15, 0.2) is 60.7 Å². The van der Waals surface area contributed by atoms with E-state index < -0.39 is 35.5 Å². The van der Waals surface area contributed by atoms with Crippen molar-refractivity contribution in [2.45, 2.75) is 102 Å². The number of piperidine rings is 1. The predicted octanol–water partition coefficient (Wildman–Crippen LogP) is 5.69. The fourth-order valence-corrected chi connectivity index (χ4v) is 9.13. The number of benzene rings is 2. The summed E-state index contributed by atoms with van der Waals surface area (Å²) < 4.78 is 18.6. The minimum atomic E-state index is -1.15. The van der Waals surface area contributed by atoms with E-state index in [0.717, 1.165) is 30.4 Å². The van der Waals surface area contributed by atoms with Crippen molar-refractivity contribution >= 4 is 11.9 Å². The van der Waals surface area contributed by atoms with Gasteiger partial charge in [-0.25, -0.2) is 9.78 Å². The third-order valence-electron chi connectivity index (χ3n) is 11.8. The Balaban J connectivity index is 0.955. The molecule has 2 aromatic rings. The summed E-state index contributed by atoms with van der Waals surface area (Å²) in [5.74, 6) is -0.873. The van der Waals surface area contributed by atoms with Crippen LogP contribution in [0.1, 0.15) is 83.3 Å². The number of aliphatic hydroxyl groups is 1. The number of carbonyl (C=O) groups excluding carboxylic acids is 2. The number of fused-ring (bicyclic) bond motifs is 2. The first-order valence-electron chi connectivity index (χ1n) is 17.1. The number of amides is 1. The second kappa shape index (κ2) is 12.3. The third-order valence-corrected chi connectivity index (χ3v) is 11.8. The highest BCUT2D eigenvalue weighted by molar-refractivity contribution is 5.81. The van der Waals surface area contributed by atoms with Gasteiger partial charge >= 0.3 is 5.97 Å². The molecule has 2 bridgehead atoms. The van der Waals surface area contributed by atoms with E-state index in [2.05, 4.69) is 6.92 Å². The highest BCUT2D eigenvalue weighted by Crippen LogP contribution is 2.60. The van der Waals surface area contributed by atoms with Gasteiger partial charge in [0.05, 0.1) is 6.42 Å². The van der Waals surface area contributed by atoms with Gasteiger partial charge in [0.1, 0.15) is 5.60 Å². The number of rotatable bonds is 7. The smallest absolute Gasteiger partial charge is 0.308 e. The summed E-state index contributed by atoms with van der Waals surface area (Å²) in [6.45, 7) is 7.22. The molecular weight excluding hydrogens is 586 g/mol. The lowest BCUT2D eigenvalue weighted by Gasteiger charge is -2.59. The Kier molecular flexibility index (Phi) is 8.51. The number of hydrogen-bond donors (Lipinski definition) is 1. The molecule has 8 rings (SSSR count). The van der Waals surface area contributed by atoms with Gasteiger partial charge in [0.25, 0.3) is 0 Å². The number of nitrogens with zero attached hydrogens (tertiary/aromatic N) is 1. The zero-order valence-electron chi connectivity index (χ0n) is 27.1. The lowest BCUT2D eigenvalue weighted by atomic mass is 9.58. The minimum Gasteiger partial charge on any atom is -0.435 e. The summed E-state index contributed by atoms with van der Waals surface area (Å²) in [4.78, 5) is 40.2. The highest BCUT2D eigenvalue weighted by atomic mass is 17.3. The van der Waals surface area contributed by atoms with Crippen LogP contribution in [0.5, 0.6) is 0 Å². The van der Waals surface area contributed by atoms with E-state index >= 15 is 0 Å². The van der Waals surface area contributed by atoms with Crippen LogP contribution in [-0.4, -0.2) is 58.9 Å². The molecule has 0 aromatic heterocycles. The van der Waals surface area contributed by atoms with Gasteiger partial charge in [-0.05, 0) is 67.9 Å². The molecule has 5 saturated heterocycles. The first-order valence-corrected chi connectivity index (χ1v) is 17.1. The Bertz CT molecular complexity index is 1360. The maximum atomic E-state index is 13.2. The van der Waals surface area contributed by atoms with E-state index in [-0.39, 0.29) is 42.4 Å². The molecule has 5 aliphatic heterocycles. The van der Waals surface area contributed by atoms with Gasteiger partial charge in [-0.2, -0.15) is 0 Å². The normalized spacial score (nSPS) is 36.0. The molecule has 6 aliphatic rings. The van der Waals surface area contributed by atoms with Gasteiger partial charge in [-0.15, -0.1) is 0 Å². The van der Waals surface area contributed by atoms with Crippen LogP contribution in [-0.2, 0) is 39.2 Å². The molecule has 1 saturated carbocycles. The zero-order valence-corrected chi connectivity index (χ0v) is 27.1. The number of carbonyl (C=O) groups is 2. The van der Waals surface area contributed by atoms with Gasteiger partial charge in [0, 0.05) is 37.8 Å². The molecule has 6 fully saturated rings. The molecule has 1 amide bonds. The molecule has 248 valence electrons. The molecule has 0 radical (unpaired) electrons. The second-order valence-corrected chi connectivity index (χ2v) is 14.4. The summed E-state index contributed by atoms with van der Waals surface area (Å²) in [5, 5.41) is 12.2. The standard InChI is InChI=1S/C37H47NO8/c1-24-14-15-30-25(2)33(43-34-37(30)29(24)18-21-35(3,44-34)45-46-37)42-32(40)17-16-31(39)38-22-19-28(20-23-38)36(41,26-10-6-4-7-11-26)27-12-8-5-9-13-27/h4-13,24-25,28-30,33-34,41H,14-23H2,1-3H3/t24-,25-,29-,30-,33-,34-,35-,37-/m1/s1. The van der Waals surface area contributed by atoms with Crippen molar-refractivity contribution in [3.05, 3.63) is 71.8 Å². The van der Waals surface area contributed by atoms with Crippen LogP contribution in [0, 0.1) is 29.6 Å². The molecule has 9 heteroatoms. The number of ether oxygens (including phenoxy) is 3. The summed E-state index contributed by atoms with van der Waals surface area (Å²) in [5.41, 5.74) is -0.159. The Morgan fingerprint density at radius 1 is 0.891 bits per heavy atom. The monoisotopic (exact) mass is 633 g/mol. The zero-order chi connectivity index (χ0) is 32.1. The highest BCUT2D eigenvalue weighted by Gasteiger charge is 2.69. The van der Waals surface area contributed by atoms with Crippen molar-refractivity contribution in [2.24, 2.45) is 29.6 Å². The van der Waals surface area contributed by atoms with Crippen LogP contribution in [0.4, 0.5) is 0 Å². The maximum absolute atomic E-state index is 13.2. The molecule has 2 aromatic carbocycles. The Hall–Kier alpha value is -2.82. The van der Waals surface area contributed by atoms with E-state index in [1.807, 2.05) is 74.5 Å². The SMILES string of the molecule is C[C@H]1[C@H](OC(=O)CCC(=O)N2CCC(C(O)(c3ccccc3)c3ccccc3)CC2)O[C@@H]2O[C@@]3(C)CC[C@@H]4[C@H](C)CC[C@H]1[C@@]24OO3. The average molecular weight is 634 g/mol. The van der Waals surface area contributed by atoms with Crippen molar-refractivity contribution in [1.82, 2.24) is 4.90 Å². The van der Waals surface area contributed by atoms with E-state index in [9.17, 15) is 14.7 Å². The molecule has 1 aliphatic carbocycles. The van der Waals surface area contributed by atoms with Gasteiger partial charge < -0.3 is 24.2 Å². The van der Waals surface area contributed by atoms with Gasteiger partial charge in [0.2, 0.25) is 18.0 Å². The molecule has 0 unspecified atom stereocenters. The maximum Gasteiger partial charge on any atom is 0.308 e. The lowest BCUT2D eigenvalue weighted by molar-refractivity contribution is -0.576. The predicted molar refractivity (Wildman–Crippen MR) is 167 cm³/mol. The second-order valence-electron chi connectivity index (χ2n) is 14.4. The molecule has 9 nitrogen and oxygen atoms in total. The fourth-order valence-electron chi connectivity index (χ4n) is 9.13. The number of likely N-dealkylation sites (tertiary alicyclic amines) is 1. The summed E-state index contributed by atoms with van der Waals surface area (Å²) >= 11 is 0. The Morgan fingerprint density at radius 3 is 2.20 bits per heavy atom. The van der Waals surface area contributed by atoms with Gasteiger partial charge in [-0.3, -0.25) is 9.59 Å². The van der Waals surface area contributed by atoms with Crippen molar-refractivity contribution in [2.75, 3.05) is 13.1 Å². The van der Waals surface area contributed by atoms with Crippen LogP contribution in [0.2, 0.25) is 0 Å². The Labute approximate surface area is 271 Å². The fraction of sp³-hybridized carbons (Fsp3) is 0.622. The molecule has 1 spiro atoms. The summed E-state index contributed by atoms with van der Waals surface area (Å²) in [6, 6.07) is 19.5. The van der Waals surface area contributed by atoms with Crippen molar-refractivity contribution in [1.29, 1.82) is 0 Å². The van der Waals surface area contributed by atoms with Crippen LogP contribution >= 0.6 is 0 Å². The topological polar surface area (TPSA) is 104 Å². The van der Waals surface area contributed by atoms with E-state index in [1.165, 1.54) is 0 Å². The van der Waals surface area contributed by atoms with E-state index in [4.69, 9.17) is 24.0 Å². The molecule has 8 atom stereocenters. The van der Waals surface area contributed by atoms with Crippen molar-refractivity contribution in [3.63, 3.8) is 0 Å². The van der Waals surface area contributed by atoms with Crippen molar-refractivity contribution < 1.29 is 38.7 Å². The van der Waals surface area contributed by atoms with Gasteiger partial charge in [-0.1, -0.05) is 74.5 Å². The molecule has 46 heavy (non-hydrogen) atoms. The van der Waals surface area contributed by atoms with Crippen LogP contribution in [0.3, 0.4) is 0 Å². The lowest BCUT2D eigenvalue weighted by Crippen LogP contribution is -2.70. The minimum absolute atomic E-state index is 0.0262. The van der Waals surface area contributed by atoms with E-state index in [0.29, 0.717) is 38.3 Å². The molecule has 5 heterocycles. The van der Waals surface area contributed by atoms with Crippen LogP contribution in [0.25, 0.3) is 0 Å². The average Bonchev–Trinajstić information content (AvgIpc) is 3.32. The number of esters is 1. The first-order chi connectivity index (χ1) is 22.1. The molecular formula is C37H47NO8. The Morgan fingerprint density at radius 2 is 1.54 bits per heavy atom. The van der Waals surface area contributed by atoms with Gasteiger partial charge in [0.15, 0.2) is 11.9 Å². The van der Waals surface area contributed by atoms with E-state index in [1.54, 1.807) is 4.90 Å².